The van der Waals surface area contributed by atoms with Gasteiger partial charge in [-0.1, -0.05) is 0 Å². The molecule has 136 valence electrons. The maximum atomic E-state index is 12.4. The number of aromatic amines is 1. The van der Waals surface area contributed by atoms with Crippen molar-refractivity contribution in [3.63, 3.8) is 0 Å². The number of esters is 1. The Morgan fingerprint density at radius 3 is 2.92 bits per heavy atom. The number of nitrogens with one attached hydrogen (secondary N) is 1. The SMILES string of the molecule is CCOC(=O)c1c(C)[nH]n2c(=O)cc(CN3CCOCC3(C)C)nc12. The second-order valence-electron chi connectivity index (χ2n) is 6.86. The molecule has 0 aromatic carbocycles. The number of ether oxygens (including phenoxy) is 2. The number of morpholine rings is 1. The van der Waals surface area contributed by atoms with Crippen LogP contribution in [0, 0.1) is 6.92 Å². The summed E-state index contributed by atoms with van der Waals surface area (Å²) in [6.07, 6.45) is 0. The minimum absolute atomic E-state index is 0.136. The zero-order chi connectivity index (χ0) is 18.2. The Labute approximate surface area is 145 Å². The number of aryl methyl sites for hydroxylation is 1. The smallest absolute Gasteiger partial charge is 0.343 e. The highest BCUT2D eigenvalue weighted by Crippen LogP contribution is 2.21. The molecule has 0 atom stereocenters. The number of nitrogens with zero attached hydrogens (tertiary/aromatic N) is 3. The summed E-state index contributed by atoms with van der Waals surface area (Å²) in [6.45, 7) is 10.5. The molecule has 1 aliphatic rings. The number of aromatic nitrogens is 3. The molecule has 2 aromatic heterocycles. The largest absolute Gasteiger partial charge is 0.462 e. The molecule has 1 fully saturated rings. The second-order valence-corrected chi connectivity index (χ2v) is 6.86. The molecule has 0 spiro atoms. The summed E-state index contributed by atoms with van der Waals surface area (Å²) in [5.41, 5.74) is 1.43. The first-order valence-corrected chi connectivity index (χ1v) is 8.44. The third-order valence-electron chi connectivity index (χ3n) is 4.50. The van der Waals surface area contributed by atoms with Crippen molar-refractivity contribution in [1.29, 1.82) is 0 Å². The van der Waals surface area contributed by atoms with Crippen LogP contribution in [0.1, 0.15) is 42.5 Å². The van der Waals surface area contributed by atoms with Crippen LogP contribution >= 0.6 is 0 Å². The van der Waals surface area contributed by atoms with Crippen molar-refractivity contribution in [3.8, 4) is 0 Å². The van der Waals surface area contributed by atoms with Crippen LogP contribution < -0.4 is 5.56 Å². The van der Waals surface area contributed by atoms with E-state index in [0.29, 0.717) is 42.4 Å². The van der Waals surface area contributed by atoms with E-state index in [9.17, 15) is 9.59 Å². The molecule has 8 nitrogen and oxygen atoms in total. The summed E-state index contributed by atoms with van der Waals surface area (Å²) in [6, 6.07) is 1.50. The number of rotatable bonds is 4. The van der Waals surface area contributed by atoms with Crippen LogP contribution in [-0.4, -0.2) is 57.4 Å². The third kappa shape index (κ3) is 3.32. The van der Waals surface area contributed by atoms with Crippen molar-refractivity contribution in [3.05, 3.63) is 33.4 Å². The lowest BCUT2D eigenvalue weighted by atomic mass is 10.0. The van der Waals surface area contributed by atoms with Crippen molar-refractivity contribution in [2.45, 2.75) is 39.8 Å². The van der Waals surface area contributed by atoms with Crippen LogP contribution in [0.15, 0.2) is 10.9 Å². The molecule has 0 saturated carbocycles. The zero-order valence-electron chi connectivity index (χ0n) is 15.1. The fraction of sp³-hybridized carbons (Fsp3) is 0.588. The van der Waals surface area contributed by atoms with Gasteiger partial charge in [0.2, 0.25) is 0 Å². The van der Waals surface area contributed by atoms with Crippen LogP contribution in [-0.2, 0) is 16.0 Å². The zero-order valence-corrected chi connectivity index (χ0v) is 15.1. The first kappa shape index (κ1) is 17.6. The van der Waals surface area contributed by atoms with Gasteiger partial charge in [0.05, 0.1) is 25.5 Å². The van der Waals surface area contributed by atoms with Crippen molar-refractivity contribution >= 4 is 11.6 Å². The molecule has 1 saturated heterocycles. The van der Waals surface area contributed by atoms with E-state index in [2.05, 4.69) is 28.8 Å². The van der Waals surface area contributed by atoms with E-state index in [1.165, 1.54) is 10.6 Å². The Kier molecular flexibility index (Phi) is 4.66. The van der Waals surface area contributed by atoms with Gasteiger partial charge >= 0.3 is 5.97 Å². The highest BCUT2D eigenvalue weighted by atomic mass is 16.5. The van der Waals surface area contributed by atoms with Gasteiger partial charge in [0.25, 0.3) is 5.56 Å². The lowest BCUT2D eigenvalue weighted by molar-refractivity contribution is -0.0557. The van der Waals surface area contributed by atoms with E-state index >= 15 is 0 Å². The average molecular weight is 348 g/mol. The molecular formula is C17H24N4O4. The van der Waals surface area contributed by atoms with Crippen LogP contribution in [0.25, 0.3) is 5.65 Å². The Morgan fingerprint density at radius 1 is 1.48 bits per heavy atom. The summed E-state index contributed by atoms with van der Waals surface area (Å²) >= 11 is 0. The third-order valence-corrected chi connectivity index (χ3v) is 4.50. The maximum Gasteiger partial charge on any atom is 0.343 e. The highest BCUT2D eigenvalue weighted by Gasteiger charge is 2.31. The number of hydrogen-bond acceptors (Lipinski definition) is 6. The molecule has 1 N–H and O–H groups in total. The van der Waals surface area contributed by atoms with E-state index in [1.54, 1.807) is 13.8 Å². The summed E-state index contributed by atoms with van der Waals surface area (Å²) in [5, 5.41) is 2.89. The van der Waals surface area contributed by atoms with Gasteiger partial charge in [0.15, 0.2) is 5.65 Å². The van der Waals surface area contributed by atoms with Gasteiger partial charge in [-0.25, -0.2) is 14.3 Å². The number of carbonyl (C=O) groups is 1. The minimum atomic E-state index is -0.477. The Hall–Kier alpha value is -2.19. The molecule has 3 heterocycles. The van der Waals surface area contributed by atoms with E-state index < -0.39 is 5.97 Å². The van der Waals surface area contributed by atoms with Gasteiger partial charge in [0.1, 0.15) is 5.56 Å². The summed E-state index contributed by atoms with van der Waals surface area (Å²) in [7, 11) is 0. The fourth-order valence-electron chi connectivity index (χ4n) is 3.10. The lowest BCUT2D eigenvalue weighted by Crippen LogP contribution is -2.52. The van der Waals surface area contributed by atoms with Crippen LogP contribution in [0.3, 0.4) is 0 Å². The fourth-order valence-corrected chi connectivity index (χ4v) is 3.10. The molecule has 25 heavy (non-hydrogen) atoms. The van der Waals surface area contributed by atoms with Gasteiger partial charge in [-0.15, -0.1) is 0 Å². The number of carbonyl (C=O) groups excluding carboxylic acids is 1. The molecular weight excluding hydrogens is 324 g/mol. The standard InChI is InChI=1S/C17H24N4O4/c1-5-25-16(23)14-11(2)19-21-13(22)8-12(18-15(14)21)9-20-6-7-24-10-17(20,3)4/h8,19H,5-7,9-10H2,1-4H3. The highest BCUT2D eigenvalue weighted by molar-refractivity contribution is 5.97. The molecule has 0 aliphatic carbocycles. The minimum Gasteiger partial charge on any atom is -0.462 e. The number of fused-ring (bicyclic) bond motifs is 1. The van der Waals surface area contributed by atoms with E-state index in [0.717, 1.165) is 6.54 Å². The summed E-state index contributed by atoms with van der Waals surface area (Å²) in [5.74, 6) is -0.477. The quantitative estimate of drug-likeness (QED) is 0.833. The van der Waals surface area contributed by atoms with Crippen LogP contribution in [0.5, 0.6) is 0 Å². The predicted molar refractivity (Wildman–Crippen MR) is 91.8 cm³/mol. The Bertz CT molecular complexity index is 852. The van der Waals surface area contributed by atoms with Crippen molar-refractivity contribution < 1.29 is 14.3 Å². The first-order chi connectivity index (χ1) is 11.8. The molecule has 8 heteroatoms. The molecule has 0 radical (unpaired) electrons. The number of hydrogen-bond donors (Lipinski definition) is 1. The lowest BCUT2D eigenvalue weighted by Gasteiger charge is -2.41. The van der Waals surface area contributed by atoms with Crippen LogP contribution in [0.4, 0.5) is 0 Å². The van der Waals surface area contributed by atoms with Gasteiger partial charge in [0, 0.05) is 30.4 Å². The van der Waals surface area contributed by atoms with E-state index in [4.69, 9.17) is 9.47 Å². The Morgan fingerprint density at radius 2 is 2.24 bits per heavy atom. The van der Waals surface area contributed by atoms with E-state index in [1.807, 2.05) is 0 Å². The maximum absolute atomic E-state index is 12.4. The van der Waals surface area contributed by atoms with Crippen LogP contribution in [0.2, 0.25) is 0 Å². The van der Waals surface area contributed by atoms with Gasteiger partial charge in [-0.05, 0) is 27.7 Å². The molecule has 0 unspecified atom stereocenters. The molecule has 0 amide bonds. The molecule has 0 bridgehead atoms. The monoisotopic (exact) mass is 348 g/mol. The number of H-pyrrole nitrogens is 1. The van der Waals surface area contributed by atoms with Gasteiger partial charge in [-0.3, -0.25) is 14.8 Å². The molecule has 1 aliphatic heterocycles. The van der Waals surface area contributed by atoms with E-state index in [-0.39, 0.29) is 17.7 Å². The van der Waals surface area contributed by atoms with Gasteiger partial charge < -0.3 is 9.47 Å². The predicted octanol–water partition coefficient (Wildman–Crippen LogP) is 1.12. The topological polar surface area (TPSA) is 88.9 Å². The van der Waals surface area contributed by atoms with Crippen molar-refractivity contribution in [2.75, 3.05) is 26.4 Å². The first-order valence-electron chi connectivity index (χ1n) is 8.44. The molecule has 3 rings (SSSR count). The van der Waals surface area contributed by atoms with Gasteiger partial charge in [-0.2, -0.15) is 0 Å². The summed E-state index contributed by atoms with van der Waals surface area (Å²) < 4.78 is 11.9. The Balaban J connectivity index is 2.01. The molecule has 2 aromatic rings. The second kappa shape index (κ2) is 6.61. The summed E-state index contributed by atoms with van der Waals surface area (Å²) in [4.78, 5) is 31.5. The average Bonchev–Trinajstić information content (AvgIpc) is 2.86. The normalized spacial score (nSPS) is 17.8. The van der Waals surface area contributed by atoms with Crippen molar-refractivity contribution in [2.24, 2.45) is 0 Å². The van der Waals surface area contributed by atoms with Crippen molar-refractivity contribution in [1.82, 2.24) is 19.5 Å².